The van der Waals surface area contributed by atoms with Crippen molar-refractivity contribution in [2.45, 2.75) is 18.6 Å². The molecule has 28 heavy (non-hydrogen) atoms. The maximum atomic E-state index is 10.9. The zero-order valence-electron chi connectivity index (χ0n) is 15.9. The van der Waals surface area contributed by atoms with Crippen molar-refractivity contribution >= 4 is 0 Å². The molecule has 1 saturated heterocycles. The molecular weight excluding hydrogens is 358 g/mol. The molecule has 1 spiro atoms. The van der Waals surface area contributed by atoms with Crippen LogP contribution >= 0.6 is 0 Å². The zero-order chi connectivity index (χ0) is 19.3. The number of β-amino-alcohol motifs (C(OH)–C–C–N with tert-alkyl or cyclic N) is 1. The maximum Gasteiger partial charge on any atom is 0.231 e. The third-order valence-corrected chi connectivity index (χ3v) is 6.59. The fourth-order valence-corrected chi connectivity index (χ4v) is 5.31. The summed E-state index contributed by atoms with van der Waals surface area (Å²) in [5.74, 6) is 2.31. The molecule has 0 radical (unpaired) electrons. The van der Waals surface area contributed by atoms with Crippen molar-refractivity contribution in [2.24, 2.45) is 11.3 Å². The van der Waals surface area contributed by atoms with Crippen LogP contribution in [0.5, 0.6) is 17.2 Å². The third-order valence-electron chi connectivity index (χ3n) is 6.59. The van der Waals surface area contributed by atoms with E-state index >= 15 is 0 Å². The van der Waals surface area contributed by atoms with E-state index in [-0.39, 0.29) is 30.7 Å². The molecule has 2 aliphatic heterocycles. The number of rotatable bonds is 5. The maximum absolute atomic E-state index is 10.9. The van der Waals surface area contributed by atoms with Gasteiger partial charge in [-0.05, 0) is 35.1 Å². The van der Waals surface area contributed by atoms with E-state index in [0.29, 0.717) is 30.3 Å². The van der Waals surface area contributed by atoms with Crippen molar-refractivity contribution in [3.8, 4) is 17.2 Å². The predicted molar refractivity (Wildman–Crippen MR) is 103 cm³/mol. The summed E-state index contributed by atoms with van der Waals surface area (Å²) in [6.07, 6.45) is -0.453. The fourth-order valence-electron chi connectivity index (χ4n) is 5.31. The van der Waals surface area contributed by atoms with Gasteiger partial charge in [-0.1, -0.05) is 30.3 Å². The van der Waals surface area contributed by atoms with Crippen LogP contribution in [-0.2, 0) is 6.54 Å². The molecule has 5 rings (SSSR count). The van der Waals surface area contributed by atoms with Crippen molar-refractivity contribution in [3.63, 3.8) is 0 Å². The minimum atomic E-state index is -0.453. The lowest BCUT2D eigenvalue weighted by Crippen LogP contribution is -2.23. The highest BCUT2D eigenvalue weighted by molar-refractivity contribution is 5.55. The van der Waals surface area contributed by atoms with Crippen LogP contribution in [0.4, 0.5) is 0 Å². The van der Waals surface area contributed by atoms with Crippen LogP contribution in [0.15, 0.2) is 42.5 Å². The van der Waals surface area contributed by atoms with E-state index in [1.54, 1.807) is 7.11 Å². The Hall–Kier alpha value is -2.28. The Morgan fingerprint density at radius 2 is 2.04 bits per heavy atom. The monoisotopic (exact) mass is 383 g/mol. The summed E-state index contributed by atoms with van der Waals surface area (Å²) in [5, 5.41) is 20.9. The molecule has 6 nitrogen and oxygen atoms in total. The summed E-state index contributed by atoms with van der Waals surface area (Å²) >= 11 is 0. The summed E-state index contributed by atoms with van der Waals surface area (Å²) in [4.78, 5) is 2.26. The zero-order valence-corrected chi connectivity index (χ0v) is 15.9. The number of aliphatic hydroxyl groups excluding tert-OH is 2. The van der Waals surface area contributed by atoms with Crippen LogP contribution in [0.1, 0.15) is 17.0 Å². The summed E-state index contributed by atoms with van der Waals surface area (Å²) in [6.45, 7) is 2.34. The molecule has 0 aromatic heterocycles. The Balaban J connectivity index is 1.37. The number of methoxy groups -OCH3 is 1. The average Bonchev–Trinajstić information content (AvgIpc) is 2.96. The van der Waals surface area contributed by atoms with Gasteiger partial charge in [-0.3, -0.25) is 4.90 Å². The molecule has 0 amide bonds. The van der Waals surface area contributed by atoms with Crippen LogP contribution in [0.3, 0.4) is 0 Å². The van der Waals surface area contributed by atoms with Gasteiger partial charge in [-0.25, -0.2) is 0 Å². The second kappa shape index (κ2) is 6.65. The number of nitrogens with zero attached hydrogens (tertiary/aromatic N) is 1. The van der Waals surface area contributed by atoms with E-state index < -0.39 is 6.10 Å². The van der Waals surface area contributed by atoms with Crippen molar-refractivity contribution in [1.29, 1.82) is 0 Å². The Bertz CT molecular complexity index is 873. The normalized spacial score (nSPS) is 30.8. The molecule has 2 aromatic carbocycles. The largest absolute Gasteiger partial charge is 0.493 e. The first-order valence-corrected chi connectivity index (χ1v) is 9.70. The number of fused-ring (bicyclic) bond motifs is 1. The fraction of sp³-hybridized carbons (Fsp3) is 0.455. The second-order valence-electron chi connectivity index (χ2n) is 8.01. The number of likely N-dealkylation sites (tertiary alicyclic amines) is 1. The number of aliphatic hydroxyl groups is 2. The molecule has 2 aromatic rings. The first-order valence-electron chi connectivity index (χ1n) is 9.70. The molecule has 148 valence electrons. The summed E-state index contributed by atoms with van der Waals surface area (Å²) < 4.78 is 16.4. The van der Waals surface area contributed by atoms with Gasteiger partial charge in [0.1, 0.15) is 0 Å². The summed E-state index contributed by atoms with van der Waals surface area (Å²) in [7, 11) is 1.62. The molecule has 1 aliphatic carbocycles. The summed E-state index contributed by atoms with van der Waals surface area (Å²) in [5.41, 5.74) is 1.99. The van der Waals surface area contributed by atoms with Crippen LogP contribution in [-0.4, -0.2) is 54.8 Å². The second-order valence-corrected chi connectivity index (χ2v) is 8.01. The Morgan fingerprint density at radius 3 is 2.79 bits per heavy atom. The topological polar surface area (TPSA) is 71.4 Å². The lowest BCUT2D eigenvalue weighted by Gasteiger charge is -2.17. The highest BCUT2D eigenvalue weighted by Gasteiger charge is 2.70. The van der Waals surface area contributed by atoms with Crippen LogP contribution in [0, 0.1) is 11.3 Å². The van der Waals surface area contributed by atoms with Gasteiger partial charge in [0.05, 0.1) is 13.2 Å². The van der Waals surface area contributed by atoms with Crippen molar-refractivity contribution in [1.82, 2.24) is 4.90 Å². The lowest BCUT2D eigenvalue weighted by atomic mass is 9.95. The lowest BCUT2D eigenvalue weighted by molar-refractivity contribution is 0.111. The molecular formula is C22H25NO5. The SMILES string of the molecule is COc1cc(CN2C[C@@H](O)[C@@]3(C2)[C@H](CO)[C@H]3c2ccccc2)cc2c1OCO2. The molecule has 0 unspecified atom stereocenters. The van der Waals surface area contributed by atoms with Crippen LogP contribution < -0.4 is 14.2 Å². The molecule has 1 saturated carbocycles. The highest BCUT2D eigenvalue weighted by atomic mass is 16.7. The minimum absolute atomic E-state index is 0.0983. The number of hydrogen-bond donors (Lipinski definition) is 2. The van der Waals surface area contributed by atoms with Crippen LogP contribution in [0.25, 0.3) is 0 Å². The van der Waals surface area contributed by atoms with Crippen molar-refractivity contribution in [2.75, 3.05) is 33.6 Å². The molecule has 6 heteroatoms. The van der Waals surface area contributed by atoms with Crippen LogP contribution in [0.2, 0.25) is 0 Å². The molecule has 4 atom stereocenters. The van der Waals surface area contributed by atoms with E-state index in [4.69, 9.17) is 14.2 Å². The first-order chi connectivity index (χ1) is 13.7. The first kappa shape index (κ1) is 17.8. The van der Waals surface area contributed by atoms with Gasteiger partial charge in [0.2, 0.25) is 12.5 Å². The molecule has 2 N–H and O–H groups in total. The highest BCUT2D eigenvalue weighted by Crippen LogP contribution is 2.68. The quantitative estimate of drug-likeness (QED) is 0.823. The predicted octanol–water partition coefficient (Wildman–Crippen LogP) is 1.99. The minimum Gasteiger partial charge on any atom is -0.493 e. The van der Waals surface area contributed by atoms with E-state index in [0.717, 1.165) is 12.1 Å². The Labute approximate surface area is 164 Å². The van der Waals surface area contributed by atoms with Gasteiger partial charge in [-0.2, -0.15) is 0 Å². The Kier molecular flexibility index (Phi) is 4.23. The van der Waals surface area contributed by atoms with Gasteiger partial charge >= 0.3 is 0 Å². The molecule has 2 fully saturated rings. The van der Waals surface area contributed by atoms with E-state index in [9.17, 15) is 10.2 Å². The number of benzene rings is 2. The van der Waals surface area contributed by atoms with Gasteiger partial charge in [0, 0.05) is 31.7 Å². The molecule has 3 aliphatic rings. The summed E-state index contributed by atoms with van der Waals surface area (Å²) in [6, 6.07) is 14.2. The average molecular weight is 383 g/mol. The molecule has 0 bridgehead atoms. The smallest absolute Gasteiger partial charge is 0.231 e. The Morgan fingerprint density at radius 1 is 1.21 bits per heavy atom. The van der Waals surface area contributed by atoms with Gasteiger partial charge in [-0.15, -0.1) is 0 Å². The van der Waals surface area contributed by atoms with E-state index in [1.165, 1.54) is 5.56 Å². The van der Waals surface area contributed by atoms with Crippen molar-refractivity contribution < 1.29 is 24.4 Å². The standard InChI is InChI=1S/C22H25NO5/c1-26-17-7-14(8-18-21(17)28-13-27-18)9-23-10-19(25)22(12-23)16(11-24)20(22)15-5-3-2-4-6-15/h2-8,16,19-20,24-25H,9-13H2,1H3/t16-,19-,20-,22-/m1/s1. The number of ether oxygens (including phenoxy) is 3. The van der Waals surface area contributed by atoms with Gasteiger partial charge < -0.3 is 24.4 Å². The van der Waals surface area contributed by atoms with Gasteiger partial charge in [0.15, 0.2) is 11.5 Å². The van der Waals surface area contributed by atoms with Gasteiger partial charge in [0.25, 0.3) is 0 Å². The van der Waals surface area contributed by atoms with E-state index in [2.05, 4.69) is 17.0 Å². The number of hydrogen-bond acceptors (Lipinski definition) is 6. The van der Waals surface area contributed by atoms with E-state index in [1.807, 2.05) is 30.3 Å². The molecule has 2 heterocycles. The third kappa shape index (κ3) is 2.59. The van der Waals surface area contributed by atoms with Crippen molar-refractivity contribution in [3.05, 3.63) is 53.6 Å².